The number of hydrogen-bond donors (Lipinski definition) is 0. The van der Waals surface area contributed by atoms with Crippen LogP contribution < -0.4 is 4.90 Å². The molecule has 2 atom stereocenters. The predicted octanol–water partition coefficient (Wildman–Crippen LogP) is 7.78. The van der Waals surface area contributed by atoms with Crippen LogP contribution in [0, 0.1) is 17.3 Å². The van der Waals surface area contributed by atoms with Crippen LogP contribution in [-0.4, -0.2) is 25.0 Å². The molecule has 0 bridgehead atoms. The van der Waals surface area contributed by atoms with Crippen LogP contribution in [0.3, 0.4) is 0 Å². The van der Waals surface area contributed by atoms with Crippen molar-refractivity contribution >= 4 is 33.0 Å². The summed E-state index contributed by atoms with van der Waals surface area (Å²) in [6.07, 6.45) is 0.194. The third-order valence-electron chi connectivity index (χ3n) is 6.84. The highest BCUT2D eigenvalue weighted by molar-refractivity contribution is 9.10. The summed E-state index contributed by atoms with van der Waals surface area (Å²) < 4.78 is 42.3. The second kappa shape index (κ2) is 8.61. The fraction of sp³-hybridized carbons (Fsp3) is 0.480. The lowest BCUT2D eigenvalue weighted by Crippen LogP contribution is -2.39. The first-order chi connectivity index (χ1) is 14.6. The Bertz CT molecular complexity index is 944. The molecule has 1 aliphatic carbocycles. The number of anilines is 1. The molecule has 166 valence electrons. The molecule has 2 fully saturated rings. The van der Waals surface area contributed by atoms with E-state index in [0.717, 1.165) is 47.9 Å². The van der Waals surface area contributed by atoms with Gasteiger partial charge >= 0.3 is 6.18 Å². The van der Waals surface area contributed by atoms with Crippen molar-refractivity contribution in [2.45, 2.75) is 45.7 Å². The Morgan fingerprint density at radius 2 is 1.71 bits per heavy atom. The van der Waals surface area contributed by atoms with Gasteiger partial charge in [0.25, 0.3) is 0 Å². The van der Waals surface area contributed by atoms with Crippen molar-refractivity contribution in [3.8, 4) is 0 Å². The quantitative estimate of drug-likeness (QED) is 0.389. The molecular formula is C25H28BrF3N2. The monoisotopic (exact) mass is 492 g/mol. The standard InChI is InChI=1S/C25H28BrF3N2/c1-17-15-19(17)16-24(2)11-13-31(14-12-24)22-6-4-3-5-21(22)30-23(25(27,28)29)18-7-9-20(26)10-8-18/h3-10,17,19H,11-16H2,1-2H3. The second-order valence-corrected chi connectivity index (χ2v) is 10.3. The minimum Gasteiger partial charge on any atom is -0.370 e. The van der Waals surface area contributed by atoms with Crippen LogP contribution in [0.2, 0.25) is 0 Å². The maximum Gasteiger partial charge on any atom is 0.433 e. The van der Waals surface area contributed by atoms with Crippen LogP contribution in [0.15, 0.2) is 58.0 Å². The molecule has 2 aromatic carbocycles. The van der Waals surface area contributed by atoms with Crippen LogP contribution in [0.1, 0.15) is 45.1 Å². The Labute approximate surface area is 190 Å². The molecule has 2 aromatic rings. The van der Waals surface area contributed by atoms with E-state index in [1.165, 1.54) is 25.0 Å². The maximum absolute atomic E-state index is 13.9. The van der Waals surface area contributed by atoms with Crippen LogP contribution in [0.5, 0.6) is 0 Å². The van der Waals surface area contributed by atoms with E-state index in [2.05, 4.69) is 39.7 Å². The Kier molecular flexibility index (Phi) is 6.21. The van der Waals surface area contributed by atoms with Gasteiger partial charge in [-0.3, -0.25) is 0 Å². The first-order valence-corrected chi connectivity index (χ1v) is 11.7. The van der Waals surface area contributed by atoms with Gasteiger partial charge in [0.1, 0.15) is 0 Å². The van der Waals surface area contributed by atoms with Gasteiger partial charge in [-0.1, -0.05) is 54.0 Å². The van der Waals surface area contributed by atoms with Crippen molar-refractivity contribution in [1.29, 1.82) is 0 Å². The predicted molar refractivity (Wildman–Crippen MR) is 124 cm³/mol. The fourth-order valence-corrected chi connectivity index (χ4v) is 4.92. The van der Waals surface area contributed by atoms with Gasteiger partial charge in [0.2, 0.25) is 0 Å². The zero-order chi connectivity index (χ0) is 22.2. The minimum atomic E-state index is -4.54. The van der Waals surface area contributed by atoms with E-state index < -0.39 is 11.9 Å². The molecule has 0 N–H and O–H groups in total. The smallest absolute Gasteiger partial charge is 0.370 e. The molecule has 1 saturated heterocycles. The van der Waals surface area contributed by atoms with Crippen LogP contribution in [0.4, 0.5) is 24.5 Å². The Morgan fingerprint density at radius 3 is 2.29 bits per heavy atom. The topological polar surface area (TPSA) is 15.6 Å². The lowest BCUT2D eigenvalue weighted by Gasteiger charge is -2.41. The molecule has 0 spiro atoms. The number of alkyl halides is 3. The lowest BCUT2D eigenvalue weighted by atomic mass is 9.76. The number of nitrogens with zero attached hydrogens (tertiary/aromatic N) is 2. The first-order valence-electron chi connectivity index (χ1n) is 10.9. The van der Waals surface area contributed by atoms with Crippen LogP contribution in [-0.2, 0) is 0 Å². The summed E-state index contributed by atoms with van der Waals surface area (Å²) in [5, 5.41) is 0. The van der Waals surface area contributed by atoms with Gasteiger partial charge in [-0.25, -0.2) is 4.99 Å². The van der Waals surface area contributed by atoms with E-state index in [-0.39, 0.29) is 5.56 Å². The van der Waals surface area contributed by atoms with Gasteiger partial charge < -0.3 is 4.90 Å². The molecule has 2 unspecified atom stereocenters. The van der Waals surface area contributed by atoms with Crippen molar-refractivity contribution in [3.63, 3.8) is 0 Å². The number of piperidine rings is 1. The zero-order valence-corrected chi connectivity index (χ0v) is 19.5. The SMILES string of the molecule is CC1CC1CC1(C)CCN(c2ccccc2N=C(c2ccc(Br)cc2)C(F)(F)F)CC1. The van der Waals surface area contributed by atoms with E-state index in [0.29, 0.717) is 11.1 Å². The molecular weight excluding hydrogens is 465 g/mol. The average Bonchev–Trinajstić information content (AvgIpc) is 3.41. The molecule has 2 nitrogen and oxygen atoms in total. The van der Waals surface area contributed by atoms with E-state index >= 15 is 0 Å². The molecule has 1 heterocycles. The Morgan fingerprint density at radius 1 is 1.10 bits per heavy atom. The highest BCUT2D eigenvalue weighted by Gasteiger charge is 2.41. The van der Waals surface area contributed by atoms with Crippen molar-refractivity contribution < 1.29 is 13.2 Å². The van der Waals surface area contributed by atoms with Crippen molar-refractivity contribution in [1.82, 2.24) is 0 Å². The summed E-state index contributed by atoms with van der Waals surface area (Å²) in [6.45, 7) is 6.39. The highest BCUT2D eigenvalue weighted by Crippen LogP contribution is 2.49. The molecule has 6 heteroatoms. The fourth-order valence-electron chi connectivity index (χ4n) is 4.65. The van der Waals surface area contributed by atoms with Gasteiger partial charge in [-0.05, 0) is 67.2 Å². The molecule has 0 aromatic heterocycles. The largest absolute Gasteiger partial charge is 0.433 e. The molecule has 2 aliphatic rings. The number of rotatable bonds is 5. The molecule has 0 radical (unpaired) electrons. The van der Waals surface area contributed by atoms with Gasteiger partial charge in [-0.15, -0.1) is 0 Å². The highest BCUT2D eigenvalue weighted by atomic mass is 79.9. The van der Waals surface area contributed by atoms with Gasteiger partial charge in [0.05, 0.1) is 11.4 Å². The number of aliphatic imine (C=N–C) groups is 1. The van der Waals surface area contributed by atoms with Gasteiger partial charge in [0, 0.05) is 23.1 Å². The Hall–Kier alpha value is -1.82. The molecule has 1 aliphatic heterocycles. The molecule has 1 saturated carbocycles. The molecule has 31 heavy (non-hydrogen) atoms. The van der Waals surface area contributed by atoms with Gasteiger partial charge in [0.15, 0.2) is 5.71 Å². The van der Waals surface area contributed by atoms with Crippen LogP contribution in [0.25, 0.3) is 0 Å². The molecule has 4 rings (SSSR count). The average molecular weight is 493 g/mol. The number of hydrogen-bond acceptors (Lipinski definition) is 2. The van der Waals surface area contributed by atoms with E-state index in [1.54, 1.807) is 24.3 Å². The van der Waals surface area contributed by atoms with E-state index in [1.807, 2.05) is 12.1 Å². The second-order valence-electron chi connectivity index (χ2n) is 9.43. The third-order valence-corrected chi connectivity index (χ3v) is 7.37. The summed E-state index contributed by atoms with van der Waals surface area (Å²) in [4.78, 5) is 6.35. The lowest BCUT2D eigenvalue weighted by molar-refractivity contribution is -0.0579. The number of halogens is 4. The summed E-state index contributed by atoms with van der Waals surface area (Å²) in [5.41, 5.74) is 0.686. The van der Waals surface area contributed by atoms with E-state index in [4.69, 9.17) is 0 Å². The van der Waals surface area contributed by atoms with E-state index in [9.17, 15) is 13.2 Å². The Balaban J connectivity index is 1.58. The van der Waals surface area contributed by atoms with Crippen molar-refractivity contribution in [2.24, 2.45) is 22.2 Å². The minimum absolute atomic E-state index is 0.0651. The van der Waals surface area contributed by atoms with Crippen molar-refractivity contribution in [2.75, 3.05) is 18.0 Å². The normalized spacial score (nSPS) is 23.7. The zero-order valence-electron chi connectivity index (χ0n) is 17.9. The third kappa shape index (κ3) is 5.33. The number of benzene rings is 2. The summed E-state index contributed by atoms with van der Waals surface area (Å²) in [6, 6.07) is 13.3. The summed E-state index contributed by atoms with van der Waals surface area (Å²) >= 11 is 3.28. The molecule has 0 amide bonds. The first kappa shape index (κ1) is 22.4. The maximum atomic E-state index is 13.9. The number of para-hydroxylation sites is 2. The van der Waals surface area contributed by atoms with Crippen molar-refractivity contribution in [3.05, 3.63) is 58.6 Å². The van der Waals surface area contributed by atoms with Gasteiger partial charge in [-0.2, -0.15) is 13.2 Å². The van der Waals surface area contributed by atoms with Crippen LogP contribution >= 0.6 is 15.9 Å². The summed E-state index contributed by atoms with van der Waals surface area (Å²) in [7, 11) is 0. The summed E-state index contributed by atoms with van der Waals surface area (Å²) in [5.74, 6) is 1.71.